The van der Waals surface area contributed by atoms with Crippen molar-refractivity contribution in [2.45, 2.75) is 0 Å². The number of hydrogen-bond acceptors (Lipinski definition) is 11. The van der Waals surface area contributed by atoms with E-state index in [2.05, 4.69) is 4.72 Å². The third-order valence-corrected chi connectivity index (χ3v) is 6.65. The molecule has 15 nitrogen and oxygen atoms in total. The van der Waals surface area contributed by atoms with Crippen molar-refractivity contribution in [3.63, 3.8) is 0 Å². The maximum atomic E-state index is 13.0. The summed E-state index contributed by atoms with van der Waals surface area (Å²) in [5.41, 5.74) is -3.03. The van der Waals surface area contributed by atoms with E-state index >= 15 is 0 Å². The van der Waals surface area contributed by atoms with Crippen molar-refractivity contribution in [3.05, 3.63) is 79.2 Å². The van der Waals surface area contributed by atoms with E-state index in [9.17, 15) is 38.5 Å². The summed E-state index contributed by atoms with van der Waals surface area (Å²) in [5.74, 6) is -0.832. The van der Waals surface area contributed by atoms with Crippen molar-refractivity contribution < 1.29 is 47.1 Å². The molecule has 41 heavy (non-hydrogen) atoms. The van der Waals surface area contributed by atoms with Gasteiger partial charge in [-0.3, -0.25) is 25.0 Å². The van der Waals surface area contributed by atoms with Crippen molar-refractivity contribution in [2.75, 3.05) is 33.2 Å². The number of methoxy groups -OCH3 is 4. The highest BCUT2D eigenvalue weighted by molar-refractivity contribution is 7.95. The molecule has 3 aromatic carbocycles. The topological polar surface area (TPSA) is 207 Å². The Morgan fingerprint density at radius 1 is 0.878 bits per heavy atom. The lowest BCUT2D eigenvalue weighted by Gasteiger charge is -2.14. The number of rotatable bonds is 12. The van der Waals surface area contributed by atoms with Crippen LogP contribution in [0.15, 0.2) is 47.9 Å². The summed E-state index contributed by atoms with van der Waals surface area (Å²) in [6.07, 6.45) is 1.22. The number of nitro benzene ring substituents is 2. The number of anilines is 1. The lowest BCUT2D eigenvalue weighted by Crippen LogP contribution is -2.10. The molecule has 0 heterocycles. The van der Waals surface area contributed by atoms with Gasteiger partial charge >= 0.3 is 5.97 Å². The number of carboxylic acids is 1. The Morgan fingerprint density at radius 3 is 1.98 bits per heavy atom. The van der Waals surface area contributed by atoms with Gasteiger partial charge in [0.1, 0.15) is 23.0 Å². The Kier molecular flexibility index (Phi) is 8.98. The first-order valence-corrected chi connectivity index (χ1v) is 12.8. The molecule has 0 aliphatic rings. The van der Waals surface area contributed by atoms with Crippen molar-refractivity contribution in [1.29, 1.82) is 0 Å². The molecule has 0 atom stereocenters. The second kappa shape index (κ2) is 12.2. The largest absolute Gasteiger partial charge is 0.496 e. The van der Waals surface area contributed by atoms with E-state index in [0.717, 1.165) is 11.5 Å². The molecule has 0 saturated carbocycles. The summed E-state index contributed by atoms with van der Waals surface area (Å²) >= 11 is 0. The van der Waals surface area contributed by atoms with E-state index in [-0.39, 0.29) is 34.1 Å². The zero-order valence-corrected chi connectivity index (χ0v) is 22.8. The Hall–Kier alpha value is -5.38. The van der Waals surface area contributed by atoms with Crippen LogP contribution in [-0.2, 0) is 10.0 Å². The first-order valence-electron chi connectivity index (χ1n) is 11.2. The van der Waals surface area contributed by atoms with Gasteiger partial charge in [0.05, 0.1) is 66.5 Å². The highest BCUT2D eigenvalue weighted by Gasteiger charge is 2.30. The number of sulfonamides is 1. The SMILES string of the molecule is COc1cc(OC)c(C=CS(=O)(=O)Nc2ccc(OC)c(-c3c(C(=O)O)cc([N+](=O)[O-])cc3[N+](=O)[O-])c2)c(OC)c1. The molecule has 0 bridgehead atoms. The van der Waals surface area contributed by atoms with Gasteiger partial charge in [-0.15, -0.1) is 0 Å². The fourth-order valence-electron chi connectivity index (χ4n) is 3.83. The molecule has 3 aromatic rings. The monoisotopic (exact) mass is 589 g/mol. The number of non-ortho nitro benzene ring substituents is 1. The minimum Gasteiger partial charge on any atom is -0.496 e. The Bertz CT molecular complexity index is 1610. The lowest BCUT2D eigenvalue weighted by atomic mass is 9.95. The van der Waals surface area contributed by atoms with Crippen LogP contribution in [0.25, 0.3) is 17.2 Å². The van der Waals surface area contributed by atoms with Gasteiger partial charge in [0, 0.05) is 29.4 Å². The zero-order valence-electron chi connectivity index (χ0n) is 21.9. The van der Waals surface area contributed by atoms with Gasteiger partial charge in [-0.1, -0.05) is 0 Å². The Balaban J connectivity index is 2.13. The first kappa shape index (κ1) is 30.2. The Morgan fingerprint density at radius 2 is 1.49 bits per heavy atom. The molecule has 0 aliphatic heterocycles. The quantitative estimate of drug-likeness (QED) is 0.224. The number of nitrogens with zero attached hydrogens (tertiary/aromatic N) is 2. The van der Waals surface area contributed by atoms with E-state index in [1.165, 1.54) is 58.8 Å². The molecule has 0 aliphatic carbocycles. The summed E-state index contributed by atoms with van der Waals surface area (Å²) < 4.78 is 49.2. The molecule has 16 heteroatoms. The first-order chi connectivity index (χ1) is 19.3. The zero-order chi connectivity index (χ0) is 30.5. The van der Waals surface area contributed by atoms with Gasteiger partial charge in [0.25, 0.3) is 21.4 Å². The van der Waals surface area contributed by atoms with Crippen LogP contribution in [0.1, 0.15) is 15.9 Å². The second-order valence-corrected chi connectivity index (χ2v) is 9.58. The van der Waals surface area contributed by atoms with Crippen LogP contribution in [0.2, 0.25) is 0 Å². The van der Waals surface area contributed by atoms with Crippen molar-refractivity contribution in [2.24, 2.45) is 0 Å². The summed E-state index contributed by atoms with van der Waals surface area (Å²) in [4.78, 5) is 33.1. The van der Waals surface area contributed by atoms with E-state index in [0.29, 0.717) is 17.9 Å². The third-order valence-electron chi connectivity index (χ3n) is 5.64. The van der Waals surface area contributed by atoms with E-state index in [1.807, 2.05) is 0 Å². The van der Waals surface area contributed by atoms with Gasteiger partial charge in [-0.2, -0.15) is 0 Å². The average molecular weight is 590 g/mol. The predicted molar refractivity (Wildman–Crippen MR) is 146 cm³/mol. The van der Waals surface area contributed by atoms with Gasteiger partial charge in [0.2, 0.25) is 0 Å². The smallest absolute Gasteiger partial charge is 0.336 e. The molecular weight excluding hydrogens is 566 g/mol. The number of carbonyl (C=O) groups is 1. The molecule has 216 valence electrons. The number of nitrogens with one attached hydrogen (secondary N) is 1. The minimum absolute atomic E-state index is 0.0596. The molecular formula is C25H23N3O12S. The standard InChI is InChI=1S/C25H23N3O12S/c1-37-16-12-22(39-3)17(23(13-16)40-4)7-8-41(35,36)26-14-5-6-21(38-2)18(9-14)24-19(25(29)30)10-15(27(31)32)11-20(24)28(33)34/h5-13,26H,1-4H3,(H,29,30). The lowest BCUT2D eigenvalue weighted by molar-refractivity contribution is -0.393. The third kappa shape index (κ3) is 6.62. The van der Waals surface area contributed by atoms with E-state index < -0.39 is 48.3 Å². The van der Waals surface area contributed by atoms with Crippen LogP contribution in [0.3, 0.4) is 0 Å². The maximum absolute atomic E-state index is 13.0. The van der Waals surface area contributed by atoms with Gasteiger partial charge < -0.3 is 24.1 Å². The van der Waals surface area contributed by atoms with Crippen LogP contribution in [-0.4, -0.2) is 57.8 Å². The van der Waals surface area contributed by atoms with Gasteiger partial charge in [-0.05, 0) is 24.3 Å². The maximum Gasteiger partial charge on any atom is 0.336 e. The molecule has 2 N–H and O–H groups in total. The summed E-state index contributed by atoms with van der Waals surface area (Å²) in [6, 6.07) is 7.96. The average Bonchev–Trinajstić information content (AvgIpc) is 2.94. The van der Waals surface area contributed by atoms with E-state index in [4.69, 9.17) is 18.9 Å². The fourth-order valence-corrected chi connectivity index (χ4v) is 4.67. The molecule has 0 spiro atoms. The highest BCUT2D eigenvalue weighted by atomic mass is 32.2. The Labute approximate surface area is 232 Å². The number of nitro groups is 2. The van der Waals surface area contributed by atoms with Crippen molar-refractivity contribution in [1.82, 2.24) is 0 Å². The molecule has 0 saturated heterocycles. The van der Waals surface area contributed by atoms with Gasteiger partial charge in [-0.25, -0.2) is 13.2 Å². The van der Waals surface area contributed by atoms with Crippen LogP contribution in [0, 0.1) is 20.2 Å². The van der Waals surface area contributed by atoms with Crippen molar-refractivity contribution in [3.8, 4) is 34.1 Å². The van der Waals surface area contributed by atoms with E-state index in [1.54, 1.807) is 0 Å². The van der Waals surface area contributed by atoms with Crippen LogP contribution in [0.5, 0.6) is 23.0 Å². The number of aromatic carboxylic acids is 1. The summed E-state index contributed by atoms with van der Waals surface area (Å²) in [5, 5.41) is 33.6. The number of hydrogen-bond donors (Lipinski definition) is 2. The van der Waals surface area contributed by atoms with Crippen LogP contribution < -0.4 is 23.7 Å². The molecule has 0 amide bonds. The molecule has 0 radical (unpaired) electrons. The van der Waals surface area contributed by atoms with Crippen LogP contribution >= 0.6 is 0 Å². The van der Waals surface area contributed by atoms with Crippen molar-refractivity contribution >= 4 is 39.1 Å². The number of carboxylic acid groups (broad SMARTS) is 1. The minimum atomic E-state index is -4.24. The normalized spacial score (nSPS) is 11.1. The second-order valence-electron chi connectivity index (χ2n) is 8.02. The summed E-state index contributed by atoms with van der Waals surface area (Å²) in [7, 11) is 1.15. The number of ether oxygens (including phenoxy) is 4. The molecule has 0 unspecified atom stereocenters. The molecule has 0 aromatic heterocycles. The predicted octanol–water partition coefficient (Wildman–Crippen LogP) is 4.32. The van der Waals surface area contributed by atoms with Gasteiger partial charge in [0.15, 0.2) is 0 Å². The summed E-state index contributed by atoms with van der Waals surface area (Å²) in [6.45, 7) is 0. The fraction of sp³-hybridized carbons (Fsp3) is 0.160. The molecule has 0 fully saturated rings. The molecule has 3 rings (SSSR count). The number of benzene rings is 3. The van der Waals surface area contributed by atoms with Crippen LogP contribution in [0.4, 0.5) is 17.1 Å². The highest BCUT2D eigenvalue weighted by Crippen LogP contribution is 2.42.